The number of halogens is 3. The number of fused-ring (bicyclic) bond motifs is 2. The van der Waals surface area contributed by atoms with Crippen molar-refractivity contribution in [3.05, 3.63) is 65.4 Å². The van der Waals surface area contributed by atoms with E-state index in [4.69, 9.17) is 9.47 Å². The van der Waals surface area contributed by atoms with Crippen molar-refractivity contribution < 1.29 is 22.6 Å². The molecule has 3 aromatic rings. The normalized spacial score (nSPS) is 15.8. The van der Waals surface area contributed by atoms with Crippen molar-refractivity contribution in [1.82, 2.24) is 19.9 Å². The Hall–Kier alpha value is -3.20. The van der Waals surface area contributed by atoms with E-state index in [1.54, 1.807) is 0 Å². The van der Waals surface area contributed by atoms with Crippen molar-refractivity contribution in [3.63, 3.8) is 0 Å². The Balaban J connectivity index is 1.27. The summed E-state index contributed by atoms with van der Waals surface area (Å²) < 4.78 is 49.1. The van der Waals surface area contributed by atoms with Crippen LogP contribution in [-0.4, -0.2) is 33.2 Å². The molecule has 0 spiro atoms. The first-order chi connectivity index (χ1) is 14.5. The lowest BCUT2D eigenvalue weighted by atomic mass is 10.1. The maximum atomic E-state index is 12.8. The third-order valence-corrected chi connectivity index (χ3v) is 5.17. The van der Waals surface area contributed by atoms with E-state index in [1.165, 1.54) is 6.20 Å². The zero-order valence-corrected chi connectivity index (χ0v) is 15.8. The topological polar surface area (TPSA) is 60.4 Å². The quantitative estimate of drug-likeness (QED) is 0.649. The minimum absolute atomic E-state index is 0.229. The summed E-state index contributed by atoms with van der Waals surface area (Å²) in [5.74, 6) is 0.367. The molecule has 0 N–H and O–H groups in total. The van der Waals surface area contributed by atoms with Gasteiger partial charge in [-0.25, -0.2) is 9.97 Å². The first kappa shape index (κ1) is 18.8. The summed E-state index contributed by atoms with van der Waals surface area (Å²) in [5, 5.41) is 0. The van der Waals surface area contributed by atoms with Crippen LogP contribution in [0, 0.1) is 0 Å². The molecule has 0 amide bonds. The molecule has 4 heterocycles. The van der Waals surface area contributed by atoms with Gasteiger partial charge in [-0.15, -0.1) is 0 Å². The number of benzene rings is 1. The van der Waals surface area contributed by atoms with Crippen LogP contribution in [0.15, 0.2) is 42.7 Å². The summed E-state index contributed by atoms with van der Waals surface area (Å²) in [5.41, 5.74) is 4.00. The van der Waals surface area contributed by atoms with Gasteiger partial charge in [0, 0.05) is 49.6 Å². The second-order valence-corrected chi connectivity index (χ2v) is 7.24. The lowest BCUT2D eigenvalue weighted by molar-refractivity contribution is -0.145. The smallest absolute Gasteiger partial charge is 0.451 e. The van der Waals surface area contributed by atoms with Crippen LogP contribution in [0.4, 0.5) is 13.2 Å². The largest absolute Gasteiger partial charge is 0.454 e. The molecular formula is C21H17F3N4O2. The molecule has 0 saturated carbocycles. The molecule has 0 atom stereocenters. The van der Waals surface area contributed by atoms with Crippen molar-refractivity contribution in [3.8, 4) is 22.8 Å². The lowest BCUT2D eigenvalue weighted by Gasteiger charge is -2.28. The van der Waals surface area contributed by atoms with Crippen LogP contribution >= 0.6 is 0 Å². The van der Waals surface area contributed by atoms with Crippen molar-refractivity contribution in [1.29, 1.82) is 0 Å². The van der Waals surface area contributed by atoms with Gasteiger partial charge >= 0.3 is 6.18 Å². The number of pyridine rings is 1. The van der Waals surface area contributed by atoms with Crippen LogP contribution in [0.25, 0.3) is 11.3 Å². The molecule has 2 aromatic heterocycles. The Labute approximate surface area is 170 Å². The summed E-state index contributed by atoms with van der Waals surface area (Å²) in [7, 11) is 0. The average Bonchev–Trinajstić information content (AvgIpc) is 3.21. The van der Waals surface area contributed by atoms with Gasteiger partial charge in [-0.2, -0.15) is 13.2 Å². The molecule has 30 heavy (non-hydrogen) atoms. The third kappa shape index (κ3) is 3.68. The highest BCUT2D eigenvalue weighted by molar-refractivity contribution is 5.64. The predicted molar refractivity (Wildman–Crippen MR) is 101 cm³/mol. The van der Waals surface area contributed by atoms with E-state index in [-0.39, 0.29) is 6.79 Å². The van der Waals surface area contributed by atoms with Gasteiger partial charge in [0.05, 0.1) is 11.4 Å². The second-order valence-electron chi connectivity index (χ2n) is 7.24. The van der Waals surface area contributed by atoms with Crippen molar-refractivity contribution in [2.24, 2.45) is 0 Å². The number of aromatic nitrogens is 3. The number of rotatable bonds is 3. The van der Waals surface area contributed by atoms with Crippen LogP contribution in [0.3, 0.4) is 0 Å². The molecule has 0 bridgehead atoms. The monoisotopic (exact) mass is 414 g/mol. The molecule has 0 radical (unpaired) electrons. The molecule has 0 aliphatic carbocycles. The number of alkyl halides is 3. The van der Waals surface area contributed by atoms with E-state index in [2.05, 4.69) is 19.9 Å². The highest BCUT2D eigenvalue weighted by Crippen LogP contribution is 2.35. The van der Waals surface area contributed by atoms with Gasteiger partial charge in [0.15, 0.2) is 11.5 Å². The summed E-state index contributed by atoms with van der Waals surface area (Å²) in [6, 6.07) is 9.66. The average molecular weight is 414 g/mol. The van der Waals surface area contributed by atoms with Gasteiger partial charge < -0.3 is 9.47 Å². The zero-order valence-electron chi connectivity index (χ0n) is 15.8. The predicted octanol–water partition coefficient (Wildman–Crippen LogP) is 3.84. The molecule has 154 valence electrons. The summed E-state index contributed by atoms with van der Waals surface area (Å²) in [6.07, 6.45) is -0.946. The first-order valence-corrected chi connectivity index (χ1v) is 9.45. The third-order valence-electron chi connectivity index (χ3n) is 5.17. The molecule has 9 heteroatoms. The van der Waals surface area contributed by atoms with Crippen LogP contribution in [0.2, 0.25) is 0 Å². The summed E-state index contributed by atoms with van der Waals surface area (Å²) in [4.78, 5) is 13.9. The minimum atomic E-state index is -4.52. The van der Waals surface area contributed by atoms with Gasteiger partial charge in [-0.1, -0.05) is 6.07 Å². The fourth-order valence-corrected chi connectivity index (χ4v) is 3.65. The fraction of sp³-hybridized carbons (Fsp3) is 0.286. The Kier molecular flexibility index (Phi) is 4.54. The standard InChI is InChI=1S/C21H17F3N4O2/c22-21(23,24)20-26-9-15-11-28(6-5-17(15)27-20)10-13-1-3-16(25-8-13)14-2-4-18-19(7-14)30-12-29-18/h1-4,7-9H,5-6,10-12H2. The number of hydrogen-bond donors (Lipinski definition) is 0. The van der Waals surface area contributed by atoms with Gasteiger partial charge in [-0.3, -0.25) is 9.88 Å². The maximum absolute atomic E-state index is 12.8. The number of ether oxygens (including phenoxy) is 2. The van der Waals surface area contributed by atoms with Crippen LogP contribution in [-0.2, 0) is 25.7 Å². The number of nitrogens with zero attached hydrogens (tertiary/aromatic N) is 4. The fourth-order valence-electron chi connectivity index (χ4n) is 3.65. The van der Waals surface area contributed by atoms with Crippen LogP contribution in [0.5, 0.6) is 11.5 Å². The molecule has 6 nitrogen and oxygen atoms in total. The van der Waals surface area contributed by atoms with E-state index in [0.29, 0.717) is 37.5 Å². The summed E-state index contributed by atoms with van der Waals surface area (Å²) in [6.45, 7) is 2.02. The Bertz CT molecular complexity index is 1090. The Morgan fingerprint density at radius 1 is 1.00 bits per heavy atom. The molecule has 1 aromatic carbocycles. The van der Waals surface area contributed by atoms with Gasteiger partial charge in [-0.05, 0) is 29.8 Å². The second kappa shape index (κ2) is 7.24. The van der Waals surface area contributed by atoms with E-state index in [9.17, 15) is 13.2 Å². The molecule has 2 aliphatic heterocycles. The highest BCUT2D eigenvalue weighted by Gasteiger charge is 2.35. The first-order valence-electron chi connectivity index (χ1n) is 9.45. The van der Waals surface area contributed by atoms with Crippen molar-refractivity contribution in [2.75, 3.05) is 13.3 Å². The van der Waals surface area contributed by atoms with E-state index >= 15 is 0 Å². The van der Waals surface area contributed by atoms with Crippen LogP contribution < -0.4 is 9.47 Å². The lowest BCUT2D eigenvalue weighted by Crippen LogP contribution is -2.31. The van der Waals surface area contributed by atoms with E-state index < -0.39 is 12.0 Å². The van der Waals surface area contributed by atoms with E-state index in [0.717, 1.165) is 28.1 Å². The molecule has 0 fully saturated rings. The number of hydrogen-bond acceptors (Lipinski definition) is 6. The maximum Gasteiger partial charge on any atom is 0.451 e. The van der Waals surface area contributed by atoms with E-state index in [1.807, 2.05) is 36.5 Å². The summed E-state index contributed by atoms with van der Waals surface area (Å²) >= 11 is 0. The minimum Gasteiger partial charge on any atom is -0.454 e. The molecule has 0 saturated heterocycles. The van der Waals surface area contributed by atoms with Crippen molar-refractivity contribution in [2.45, 2.75) is 25.7 Å². The van der Waals surface area contributed by atoms with Gasteiger partial charge in [0.1, 0.15) is 0 Å². The molecule has 0 unspecified atom stereocenters. The van der Waals surface area contributed by atoms with Crippen LogP contribution in [0.1, 0.15) is 22.6 Å². The molecular weight excluding hydrogens is 397 g/mol. The Morgan fingerprint density at radius 3 is 2.67 bits per heavy atom. The van der Waals surface area contributed by atoms with Crippen molar-refractivity contribution >= 4 is 0 Å². The Morgan fingerprint density at radius 2 is 1.87 bits per heavy atom. The molecule has 5 rings (SSSR count). The highest BCUT2D eigenvalue weighted by atomic mass is 19.4. The molecule has 2 aliphatic rings. The zero-order chi connectivity index (χ0) is 20.7. The SMILES string of the molecule is FC(F)(F)c1ncc2c(n1)CCN(Cc1ccc(-c3ccc4c(c3)OCO4)nc1)C2. The van der Waals surface area contributed by atoms with Gasteiger partial charge in [0.2, 0.25) is 12.6 Å². The van der Waals surface area contributed by atoms with Gasteiger partial charge in [0.25, 0.3) is 0 Å².